The van der Waals surface area contributed by atoms with Crippen LogP contribution in [0.25, 0.3) is 11.0 Å². The van der Waals surface area contributed by atoms with Gasteiger partial charge in [0.1, 0.15) is 5.82 Å². The Morgan fingerprint density at radius 1 is 1.44 bits per heavy atom. The molecule has 1 aliphatic rings. The zero-order chi connectivity index (χ0) is 12.7. The van der Waals surface area contributed by atoms with E-state index in [0.29, 0.717) is 13.0 Å². The zero-order valence-electron chi connectivity index (χ0n) is 9.78. The van der Waals surface area contributed by atoms with E-state index in [4.69, 9.17) is 10.2 Å². The Bertz CT molecular complexity index is 605. The van der Waals surface area contributed by atoms with E-state index < -0.39 is 5.97 Å². The minimum absolute atomic E-state index is 0.0125. The van der Waals surface area contributed by atoms with Gasteiger partial charge in [0.25, 0.3) is 0 Å². The van der Waals surface area contributed by atoms with E-state index >= 15 is 0 Å². The summed E-state index contributed by atoms with van der Waals surface area (Å²) in [5.41, 5.74) is 1.81. The lowest BCUT2D eigenvalue weighted by molar-refractivity contribution is -0.138. The lowest BCUT2D eigenvalue weighted by Crippen LogP contribution is -2.08. The van der Waals surface area contributed by atoms with Crippen molar-refractivity contribution >= 4 is 17.0 Å². The molecule has 1 aromatic heterocycles. The molecule has 0 aliphatic heterocycles. The Kier molecular flexibility index (Phi) is 2.56. The number of benzene rings is 1. The number of carboxylic acids is 1. The maximum absolute atomic E-state index is 10.9. The molecule has 2 N–H and O–H groups in total. The summed E-state index contributed by atoms with van der Waals surface area (Å²) in [6.07, 6.45) is 0.643. The average molecular weight is 246 g/mol. The van der Waals surface area contributed by atoms with Crippen LogP contribution in [-0.2, 0) is 11.3 Å². The Morgan fingerprint density at radius 2 is 2.22 bits per heavy atom. The summed E-state index contributed by atoms with van der Waals surface area (Å²) in [5.74, 6) is -0.305. The van der Waals surface area contributed by atoms with Crippen LogP contribution in [0.3, 0.4) is 0 Å². The molecule has 2 aromatic rings. The van der Waals surface area contributed by atoms with Gasteiger partial charge in [-0.1, -0.05) is 12.1 Å². The van der Waals surface area contributed by atoms with Crippen LogP contribution in [-0.4, -0.2) is 32.3 Å². The van der Waals surface area contributed by atoms with Gasteiger partial charge in [-0.3, -0.25) is 4.79 Å². The monoisotopic (exact) mass is 246 g/mol. The first-order chi connectivity index (χ1) is 8.72. The summed E-state index contributed by atoms with van der Waals surface area (Å²) >= 11 is 0. The Hall–Kier alpha value is -1.88. The van der Waals surface area contributed by atoms with Crippen molar-refractivity contribution in [3.05, 3.63) is 30.1 Å². The first-order valence-electron chi connectivity index (χ1n) is 6.01. The average Bonchev–Trinajstić information content (AvgIpc) is 3.08. The van der Waals surface area contributed by atoms with Gasteiger partial charge in [-0.2, -0.15) is 0 Å². The van der Waals surface area contributed by atoms with Gasteiger partial charge in [0.2, 0.25) is 0 Å². The molecule has 1 saturated carbocycles. The molecule has 0 spiro atoms. The summed E-state index contributed by atoms with van der Waals surface area (Å²) < 4.78 is 1.93. The molecule has 2 unspecified atom stereocenters. The van der Waals surface area contributed by atoms with Gasteiger partial charge in [-0.15, -0.1) is 0 Å². The zero-order valence-corrected chi connectivity index (χ0v) is 9.78. The number of carboxylic acid groups (broad SMARTS) is 1. The smallest absolute Gasteiger partial charge is 0.307 e. The van der Waals surface area contributed by atoms with Crippen molar-refractivity contribution < 1.29 is 15.0 Å². The van der Waals surface area contributed by atoms with Crippen LogP contribution in [0, 0.1) is 5.92 Å². The molecule has 3 rings (SSSR count). The summed E-state index contributed by atoms with van der Waals surface area (Å²) in [7, 11) is 0. The molecule has 0 radical (unpaired) electrons. The highest BCUT2D eigenvalue weighted by atomic mass is 16.4. The molecule has 0 saturated heterocycles. The minimum Gasteiger partial charge on any atom is -0.481 e. The van der Waals surface area contributed by atoms with E-state index in [1.54, 1.807) is 0 Å². The van der Waals surface area contributed by atoms with Gasteiger partial charge in [-0.25, -0.2) is 4.98 Å². The highest BCUT2D eigenvalue weighted by Crippen LogP contribution is 2.47. The number of rotatable bonds is 4. The van der Waals surface area contributed by atoms with Crippen LogP contribution < -0.4 is 0 Å². The number of nitrogens with zero attached hydrogens (tertiary/aromatic N) is 2. The van der Waals surface area contributed by atoms with E-state index in [0.717, 1.165) is 16.9 Å². The van der Waals surface area contributed by atoms with Crippen molar-refractivity contribution in [1.82, 2.24) is 9.55 Å². The standard InChI is InChI=1S/C13H14N2O3/c16-6-5-15-11-4-2-1-3-10(11)14-12(15)8-7-9(8)13(17)18/h1-4,8-9,16H,5-7H2,(H,17,18). The fraction of sp³-hybridized carbons (Fsp3) is 0.385. The SMILES string of the molecule is O=C(O)C1CC1c1nc2ccccc2n1CCO. The third-order valence-electron chi connectivity index (χ3n) is 3.45. The summed E-state index contributed by atoms with van der Waals surface area (Å²) in [6.45, 7) is 0.483. The Labute approximate surface area is 104 Å². The van der Waals surface area contributed by atoms with Crippen molar-refractivity contribution in [2.24, 2.45) is 5.92 Å². The van der Waals surface area contributed by atoms with E-state index in [1.165, 1.54) is 0 Å². The van der Waals surface area contributed by atoms with Crippen molar-refractivity contribution in [3.63, 3.8) is 0 Å². The predicted octanol–water partition coefficient (Wildman–Crippen LogP) is 1.22. The molecule has 0 bridgehead atoms. The molecule has 2 atom stereocenters. The topological polar surface area (TPSA) is 75.3 Å². The molecular weight excluding hydrogens is 232 g/mol. The number of hydrogen-bond acceptors (Lipinski definition) is 3. The first kappa shape index (κ1) is 11.2. The molecule has 18 heavy (non-hydrogen) atoms. The number of para-hydroxylation sites is 2. The van der Waals surface area contributed by atoms with Gasteiger partial charge >= 0.3 is 5.97 Å². The number of aliphatic hydroxyl groups is 1. The number of carbonyl (C=O) groups is 1. The molecule has 1 aromatic carbocycles. The maximum atomic E-state index is 10.9. The van der Waals surface area contributed by atoms with Crippen molar-refractivity contribution in [1.29, 1.82) is 0 Å². The second-order valence-electron chi connectivity index (χ2n) is 4.62. The number of imidazole rings is 1. The minimum atomic E-state index is -0.761. The maximum Gasteiger partial charge on any atom is 0.307 e. The van der Waals surface area contributed by atoms with E-state index in [9.17, 15) is 4.79 Å². The van der Waals surface area contributed by atoms with Crippen molar-refractivity contribution in [2.45, 2.75) is 18.9 Å². The highest BCUT2D eigenvalue weighted by Gasteiger charge is 2.47. The van der Waals surface area contributed by atoms with Gasteiger partial charge < -0.3 is 14.8 Å². The van der Waals surface area contributed by atoms with Gasteiger partial charge in [0.05, 0.1) is 23.6 Å². The van der Waals surface area contributed by atoms with Crippen LogP contribution in [0.2, 0.25) is 0 Å². The third kappa shape index (κ3) is 1.67. The van der Waals surface area contributed by atoms with Gasteiger partial charge in [0.15, 0.2) is 0 Å². The fourth-order valence-corrected chi connectivity index (χ4v) is 2.47. The number of hydrogen-bond donors (Lipinski definition) is 2. The van der Waals surface area contributed by atoms with Gasteiger partial charge in [-0.05, 0) is 18.6 Å². The summed E-state index contributed by atoms with van der Waals surface area (Å²) in [5, 5.41) is 18.1. The lowest BCUT2D eigenvalue weighted by Gasteiger charge is -2.06. The summed E-state index contributed by atoms with van der Waals surface area (Å²) in [6, 6.07) is 7.68. The molecule has 5 heteroatoms. The Balaban J connectivity index is 2.06. The van der Waals surface area contributed by atoms with Crippen LogP contribution in [0.5, 0.6) is 0 Å². The van der Waals surface area contributed by atoms with E-state index in [-0.39, 0.29) is 18.4 Å². The largest absolute Gasteiger partial charge is 0.481 e. The quantitative estimate of drug-likeness (QED) is 0.850. The molecule has 1 aliphatic carbocycles. The number of aliphatic hydroxyl groups excluding tert-OH is 1. The molecule has 1 heterocycles. The third-order valence-corrected chi connectivity index (χ3v) is 3.45. The van der Waals surface area contributed by atoms with Crippen LogP contribution in [0.1, 0.15) is 18.2 Å². The highest BCUT2D eigenvalue weighted by molar-refractivity contribution is 5.78. The van der Waals surface area contributed by atoms with Gasteiger partial charge in [0, 0.05) is 12.5 Å². The second-order valence-corrected chi connectivity index (χ2v) is 4.62. The summed E-state index contributed by atoms with van der Waals surface area (Å²) in [4.78, 5) is 15.5. The normalized spacial score (nSPS) is 22.3. The predicted molar refractivity (Wildman–Crippen MR) is 65.3 cm³/mol. The number of aromatic nitrogens is 2. The molecule has 0 amide bonds. The molecule has 1 fully saturated rings. The molecule has 5 nitrogen and oxygen atoms in total. The molecular formula is C13H14N2O3. The Morgan fingerprint density at radius 3 is 2.89 bits per heavy atom. The fourth-order valence-electron chi connectivity index (χ4n) is 2.47. The number of aliphatic carboxylic acids is 1. The van der Waals surface area contributed by atoms with Crippen molar-refractivity contribution in [3.8, 4) is 0 Å². The lowest BCUT2D eigenvalue weighted by atomic mass is 10.3. The van der Waals surface area contributed by atoms with Crippen LogP contribution in [0.15, 0.2) is 24.3 Å². The van der Waals surface area contributed by atoms with Crippen LogP contribution >= 0.6 is 0 Å². The molecule has 94 valence electrons. The second kappa shape index (κ2) is 4.10. The number of fused-ring (bicyclic) bond motifs is 1. The van der Waals surface area contributed by atoms with Crippen molar-refractivity contribution in [2.75, 3.05) is 6.61 Å². The van der Waals surface area contributed by atoms with Crippen LogP contribution in [0.4, 0.5) is 0 Å². The van der Waals surface area contributed by atoms with E-state index in [2.05, 4.69) is 4.98 Å². The first-order valence-corrected chi connectivity index (χ1v) is 6.01. The van der Waals surface area contributed by atoms with E-state index in [1.807, 2.05) is 28.8 Å².